The minimum atomic E-state index is -0.750. The zero-order valence-corrected chi connectivity index (χ0v) is 22.8. The molecule has 0 fully saturated rings. The highest BCUT2D eigenvalue weighted by Gasteiger charge is 2.38. The molecule has 200 valence electrons. The number of hydrogen-bond donors (Lipinski definition) is 0. The van der Waals surface area contributed by atoms with E-state index in [1.165, 1.54) is 7.11 Å². The van der Waals surface area contributed by atoms with Gasteiger partial charge in [-0.3, -0.25) is 4.79 Å². The first-order valence-corrected chi connectivity index (χ1v) is 13.4. The van der Waals surface area contributed by atoms with Crippen LogP contribution in [-0.2, 0) is 10.3 Å². The topological polar surface area (TPSA) is 61.2 Å². The number of methoxy groups -OCH3 is 1. The molecule has 0 saturated carbocycles. The minimum absolute atomic E-state index is 0.177. The zero-order valence-electron chi connectivity index (χ0n) is 22.8. The maximum Gasteiger partial charge on any atom is 0.338 e. The SMILES string of the molecule is COC(=O)c1ccc2cc(C(=O)c3cn(C(c4ccccc4)(c4ccccc4)c4ccccc4)cn3)ccc2c1C. The largest absolute Gasteiger partial charge is 0.465 e. The number of fused-ring (bicyclic) bond motifs is 1. The van der Waals surface area contributed by atoms with Crippen LogP contribution in [0.5, 0.6) is 0 Å². The summed E-state index contributed by atoms with van der Waals surface area (Å²) < 4.78 is 6.94. The molecule has 0 amide bonds. The Morgan fingerprint density at radius 3 is 1.83 bits per heavy atom. The fraction of sp³-hybridized carbons (Fsp3) is 0.0833. The second-order valence-corrected chi connectivity index (χ2v) is 9.97. The second-order valence-electron chi connectivity index (χ2n) is 9.97. The summed E-state index contributed by atoms with van der Waals surface area (Å²) in [5, 5.41) is 1.76. The fourth-order valence-corrected chi connectivity index (χ4v) is 5.71. The molecule has 0 saturated heterocycles. The number of esters is 1. The predicted molar refractivity (Wildman–Crippen MR) is 160 cm³/mol. The van der Waals surface area contributed by atoms with E-state index in [9.17, 15) is 9.59 Å². The average Bonchev–Trinajstić information content (AvgIpc) is 3.53. The van der Waals surface area contributed by atoms with Crippen LogP contribution in [0.25, 0.3) is 10.8 Å². The maximum atomic E-state index is 13.8. The second kappa shape index (κ2) is 10.7. The lowest BCUT2D eigenvalue weighted by Crippen LogP contribution is -2.37. The van der Waals surface area contributed by atoms with Crippen molar-refractivity contribution >= 4 is 22.5 Å². The summed E-state index contributed by atoms with van der Waals surface area (Å²) >= 11 is 0. The van der Waals surface area contributed by atoms with E-state index in [0.29, 0.717) is 16.8 Å². The van der Waals surface area contributed by atoms with Crippen molar-refractivity contribution in [3.63, 3.8) is 0 Å². The van der Waals surface area contributed by atoms with E-state index in [1.54, 1.807) is 18.5 Å². The Balaban J connectivity index is 1.48. The van der Waals surface area contributed by atoms with Gasteiger partial charge in [0.05, 0.1) is 19.0 Å². The third-order valence-corrected chi connectivity index (χ3v) is 7.73. The molecule has 0 atom stereocenters. The van der Waals surface area contributed by atoms with Gasteiger partial charge in [0.1, 0.15) is 11.2 Å². The molecule has 0 aliphatic heterocycles. The van der Waals surface area contributed by atoms with Crippen molar-refractivity contribution in [2.45, 2.75) is 12.5 Å². The molecular weight excluding hydrogens is 508 g/mol. The van der Waals surface area contributed by atoms with Gasteiger partial charge in [0.2, 0.25) is 5.78 Å². The van der Waals surface area contributed by atoms with Gasteiger partial charge in [-0.15, -0.1) is 0 Å². The van der Waals surface area contributed by atoms with Crippen molar-refractivity contribution < 1.29 is 14.3 Å². The number of benzene rings is 5. The lowest BCUT2D eigenvalue weighted by molar-refractivity contribution is 0.0600. The highest BCUT2D eigenvalue weighted by atomic mass is 16.5. The number of aryl methyl sites for hydroxylation is 1. The standard InChI is InChI=1S/C36H28N2O3/c1-25-31-20-19-27(22-26(31)18-21-32(25)35(40)41-2)34(39)33-23-38(24-37-33)36(28-12-6-3-7-13-28,29-14-8-4-9-15-29)30-16-10-5-11-17-30/h3-24H,1-2H3. The lowest BCUT2D eigenvalue weighted by atomic mass is 9.77. The molecule has 0 aliphatic carbocycles. The molecule has 1 aromatic heterocycles. The van der Waals surface area contributed by atoms with Crippen LogP contribution in [0.1, 0.15) is 48.7 Å². The summed E-state index contributed by atoms with van der Waals surface area (Å²) in [7, 11) is 1.37. The van der Waals surface area contributed by atoms with Gasteiger partial charge >= 0.3 is 5.97 Å². The normalized spacial score (nSPS) is 11.4. The summed E-state index contributed by atoms with van der Waals surface area (Å²) in [4.78, 5) is 30.6. The summed E-state index contributed by atoms with van der Waals surface area (Å²) in [6.45, 7) is 1.88. The molecule has 6 rings (SSSR count). The third-order valence-electron chi connectivity index (χ3n) is 7.73. The molecule has 0 N–H and O–H groups in total. The molecule has 0 bridgehead atoms. The number of hydrogen-bond acceptors (Lipinski definition) is 4. The van der Waals surface area contributed by atoms with E-state index in [4.69, 9.17) is 4.74 Å². The van der Waals surface area contributed by atoms with Crippen LogP contribution in [0.3, 0.4) is 0 Å². The first-order chi connectivity index (χ1) is 20.0. The Morgan fingerprint density at radius 2 is 1.29 bits per heavy atom. The number of ketones is 1. The summed E-state index contributed by atoms with van der Waals surface area (Å²) in [5.41, 5.74) is 4.61. The summed E-state index contributed by atoms with van der Waals surface area (Å²) in [6, 6.07) is 39.9. The number of ether oxygens (including phenoxy) is 1. The number of rotatable bonds is 7. The van der Waals surface area contributed by atoms with E-state index >= 15 is 0 Å². The van der Waals surface area contributed by atoms with E-state index < -0.39 is 5.54 Å². The van der Waals surface area contributed by atoms with Crippen LogP contribution < -0.4 is 0 Å². The van der Waals surface area contributed by atoms with Crippen molar-refractivity contribution in [3.05, 3.63) is 173 Å². The van der Waals surface area contributed by atoms with Crippen LogP contribution in [0.15, 0.2) is 134 Å². The molecule has 6 aromatic rings. The maximum absolute atomic E-state index is 13.8. The fourth-order valence-electron chi connectivity index (χ4n) is 5.71. The molecule has 5 heteroatoms. The van der Waals surface area contributed by atoms with Gasteiger partial charge < -0.3 is 9.30 Å². The lowest BCUT2D eigenvalue weighted by Gasteiger charge is -2.37. The van der Waals surface area contributed by atoms with Crippen LogP contribution in [-0.4, -0.2) is 28.4 Å². The monoisotopic (exact) mass is 536 g/mol. The van der Waals surface area contributed by atoms with Gasteiger partial charge in [-0.1, -0.05) is 109 Å². The highest BCUT2D eigenvalue weighted by molar-refractivity contribution is 6.10. The van der Waals surface area contributed by atoms with Crippen molar-refractivity contribution in [3.8, 4) is 0 Å². The molecule has 0 unspecified atom stereocenters. The number of imidazole rings is 1. The summed E-state index contributed by atoms with van der Waals surface area (Å²) in [5.74, 6) is -0.558. The Bertz CT molecular complexity index is 1760. The molecule has 0 spiro atoms. The molecule has 0 aliphatic rings. The van der Waals surface area contributed by atoms with Gasteiger partial charge in [0.15, 0.2) is 0 Å². The van der Waals surface area contributed by atoms with Crippen molar-refractivity contribution in [1.29, 1.82) is 0 Å². The molecular formula is C36H28N2O3. The van der Waals surface area contributed by atoms with Crippen LogP contribution in [0.2, 0.25) is 0 Å². The summed E-state index contributed by atoms with van der Waals surface area (Å²) in [6.07, 6.45) is 3.58. The van der Waals surface area contributed by atoms with Crippen LogP contribution >= 0.6 is 0 Å². The Morgan fingerprint density at radius 1 is 0.732 bits per heavy atom. The van der Waals surface area contributed by atoms with E-state index in [-0.39, 0.29) is 11.8 Å². The van der Waals surface area contributed by atoms with Gasteiger partial charge in [-0.05, 0) is 52.1 Å². The van der Waals surface area contributed by atoms with Gasteiger partial charge in [-0.25, -0.2) is 9.78 Å². The van der Waals surface area contributed by atoms with Gasteiger partial charge in [-0.2, -0.15) is 0 Å². The Kier molecular flexibility index (Phi) is 6.78. The van der Waals surface area contributed by atoms with Gasteiger partial charge in [0.25, 0.3) is 0 Å². The zero-order chi connectivity index (χ0) is 28.4. The number of aromatic nitrogens is 2. The van der Waals surface area contributed by atoms with Crippen molar-refractivity contribution in [1.82, 2.24) is 9.55 Å². The number of carbonyl (C=O) groups excluding carboxylic acids is 2. The van der Waals surface area contributed by atoms with Crippen LogP contribution in [0, 0.1) is 6.92 Å². The Labute approximate surface area is 238 Å². The van der Waals surface area contributed by atoms with Gasteiger partial charge in [0, 0.05) is 11.8 Å². The van der Waals surface area contributed by atoms with Crippen LogP contribution in [0.4, 0.5) is 0 Å². The molecule has 5 nitrogen and oxygen atoms in total. The van der Waals surface area contributed by atoms with E-state index in [1.807, 2.05) is 90.5 Å². The smallest absolute Gasteiger partial charge is 0.338 e. The molecule has 1 heterocycles. The van der Waals surface area contributed by atoms with E-state index in [0.717, 1.165) is 33.0 Å². The minimum Gasteiger partial charge on any atom is -0.465 e. The third kappa shape index (κ3) is 4.42. The number of nitrogens with zero attached hydrogens (tertiary/aromatic N) is 2. The van der Waals surface area contributed by atoms with E-state index in [2.05, 4.69) is 41.4 Å². The Hall–Kier alpha value is -5.29. The number of carbonyl (C=O) groups is 2. The average molecular weight is 537 g/mol. The molecule has 5 aromatic carbocycles. The first-order valence-electron chi connectivity index (χ1n) is 13.4. The quantitative estimate of drug-likeness (QED) is 0.123. The highest BCUT2D eigenvalue weighted by Crippen LogP contribution is 2.41. The van der Waals surface area contributed by atoms with Crippen molar-refractivity contribution in [2.24, 2.45) is 0 Å². The molecule has 41 heavy (non-hydrogen) atoms. The first kappa shape index (κ1) is 26.0. The molecule has 0 radical (unpaired) electrons. The predicted octanol–water partition coefficient (Wildman–Crippen LogP) is 7.20. The van der Waals surface area contributed by atoms with Crippen molar-refractivity contribution in [2.75, 3.05) is 7.11 Å².